The molecule has 0 saturated carbocycles. The predicted octanol–water partition coefficient (Wildman–Crippen LogP) is 4.35. The van der Waals surface area contributed by atoms with Gasteiger partial charge >= 0.3 is 0 Å². The Morgan fingerprint density at radius 2 is 1.89 bits per heavy atom. The molecule has 1 aromatic rings. The summed E-state index contributed by atoms with van der Waals surface area (Å²) < 4.78 is 0. The Kier molecular flexibility index (Phi) is 4.45. The van der Waals surface area contributed by atoms with E-state index in [-0.39, 0.29) is 6.61 Å². The van der Waals surface area contributed by atoms with Crippen molar-refractivity contribution in [3.63, 3.8) is 0 Å². The third-order valence-electron chi connectivity index (χ3n) is 4.48. The summed E-state index contributed by atoms with van der Waals surface area (Å²) in [6.07, 6.45) is 9.00. The predicted molar refractivity (Wildman–Crippen MR) is 76.8 cm³/mol. The minimum absolute atomic E-state index is 0.168. The normalized spacial score (nSPS) is 17.5. The largest absolute Gasteiger partial charge is 0.392 e. The Bertz CT molecular complexity index is 389. The Morgan fingerprint density at radius 3 is 2.50 bits per heavy atom. The van der Waals surface area contributed by atoms with Gasteiger partial charge in [-0.3, -0.25) is 0 Å². The van der Waals surface area contributed by atoms with Crippen molar-refractivity contribution >= 4 is 0 Å². The van der Waals surface area contributed by atoms with Crippen molar-refractivity contribution in [2.24, 2.45) is 0 Å². The second-order valence-corrected chi connectivity index (χ2v) is 5.78. The first-order valence-electron chi connectivity index (χ1n) is 7.49. The number of benzene rings is 1. The maximum absolute atomic E-state index is 9.28. The molecule has 0 aromatic heterocycles. The van der Waals surface area contributed by atoms with Gasteiger partial charge in [0, 0.05) is 0 Å². The van der Waals surface area contributed by atoms with Gasteiger partial charge in [0.1, 0.15) is 0 Å². The standard InChI is InChI=1S/C17H26O/c1-3-9-17(10-4-2)11-5-6-15-12-14(13-18)7-8-16(15)17/h7-8,12,18H,3-6,9-11,13H2,1-2H3. The third-order valence-corrected chi connectivity index (χ3v) is 4.48. The molecule has 1 nitrogen and oxygen atoms in total. The van der Waals surface area contributed by atoms with Crippen LogP contribution in [0.3, 0.4) is 0 Å². The monoisotopic (exact) mass is 246 g/mol. The van der Waals surface area contributed by atoms with Crippen molar-refractivity contribution in [1.82, 2.24) is 0 Å². The van der Waals surface area contributed by atoms with Crippen LogP contribution in [0.25, 0.3) is 0 Å². The molecular weight excluding hydrogens is 220 g/mol. The number of aliphatic hydroxyl groups excluding tert-OH is 1. The van der Waals surface area contributed by atoms with E-state index in [9.17, 15) is 5.11 Å². The highest BCUT2D eigenvalue weighted by molar-refractivity contribution is 5.39. The van der Waals surface area contributed by atoms with Crippen LogP contribution in [-0.2, 0) is 18.4 Å². The molecule has 18 heavy (non-hydrogen) atoms. The number of fused-ring (bicyclic) bond motifs is 1. The lowest BCUT2D eigenvalue weighted by Gasteiger charge is -2.39. The lowest BCUT2D eigenvalue weighted by Crippen LogP contribution is -2.31. The summed E-state index contributed by atoms with van der Waals surface area (Å²) >= 11 is 0. The van der Waals surface area contributed by atoms with E-state index in [1.165, 1.54) is 50.5 Å². The zero-order valence-corrected chi connectivity index (χ0v) is 11.8. The van der Waals surface area contributed by atoms with E-state index >= 15 is 0 Å². The fourth-order valence-corrected chi connectivity index (χ4v) is 3.82. The van der Waals surface area contributed by atoms with Crippen LogP contribution < -0.4 is 0 Å². The van der Waals surface area contributed by atoms with Gasteiger partial charge in [-0.2, -0.15) is 0 Å². The number of rotatable bonds is 5. The smallest absolute Gasteiger partial charge is 0.0681 e. The summed E-state index contributed by atoms with van der Waals surface area (Å²) in [5.74, 6) is 0. The maximum atomic E-state index is 9.28. The number of hydrogen-bond donors (Lipinski definition) is 1. The van der Waals surface area contributed by atoms with Crippen LogP contribution in [0.15, 0.2) is 18.2 Å². The highest BCUT2D eigenvalue weighted by Crippen LogP contribution is 2.44. The highest BCUT2D eigenvalue weighted by atomic mass is 16.3. The fraction of sp³-hybridized carbons (Fsp3) is 0.647. The molecule has 1 aliphatic rings. The number of hydrogen-bond acceptors (Lipinski definition) is 1. The molecule has 1 aliphatic carbocycles. The molecule has 0 radical (unpaired) electrons. The summed E-state index contributed by atoms with van der Waals surface area (Å²) in [7, 11) is 0. The summed E-state index contributed by atoms with van der Waals surface area (Å²) in [5.41, 5.74) is 4.56. The highest BCUT2D eigenvalue weighted by Gasteiger charge is 2.34. The van der Waals surface area contributed by atoms with Gasteiger partial charge in [-0.15, -0.1) is 0 Å². The van der Waals surface area contributed by atoms with Gasteiger partial charge in [0.25, 0.3) is 0 Å². The van der Waals surface area contributed by atoms with E-state index in [2.05, 4.69) is 32.0 Å². The lowest BCUT2D eigenvalue weighted by molar-refractivity contribution is 0.280. The summed E-state index contributed by atoms with van der Waals surface area (Å²) in [5, 5.41) is 9.28. The average Bonchev–Trinajstić information content (AvgIpc) is 2.39. The van der Waals surface area contributed by atoms with Crippen LogP contribution in [0.1, 0.15) is 69.1 Å². The van der Waals surface area contributed by atoms with Crippen LogP contribution in [-0.4, -0.2) is 5.11 Å². The minimum atomic E-state index is 0.168. The summed E-state index contributed by atoms with van der Waals surface area (Å²) in [6, 6.07) is 6.64. The molecule has 0 saturated heterocycles. The van der Waals surface area contributed by atoms with Gasteiger partial charge in [0.2, 0.25) is 0 Å². The van der Waals surface area contributed by atoms with E-state index in [0.717, 1.165) is 5.56 Å². The second-order valence-electron chi connectivity index (χ2n) is 5.78. The zero-order valence-electron chi connectivity index (χ0n) is 11.8. The summed E-state index contributed by atoms with van der Waals surface area (Å²) in [4.78, 5) is 0. The molecule has 0 amide bonds. The molecule has 100 valence electrons. The SMILES string of the molecule is CCCC1(CCC)CCCc2cc(CO)ccc21. The molecule has 0 bridgehead atoms. The van der Waals surface area contributed by atoms with Gasteiger partial charge in [0.05, 0.1) is 6.61 Å². The first-order valence-corrected chi connectivity index (χ1v) is 7.49. The average molecular weight is 246 g/mol. The van der Waals surface area contributed by atoms with E-state index in [1.807, 2.05) is 0 Å². The zero-order chi connectivity index (χ0) is 13.0. The van der Waals surface area contributed by atoms with E-state index in [4.69, 9.17) is 0 Å². The molecule has 0 spiro atoms. The Morgan fingerprint density at radius 1 is 1.17 bits per heavy atom. The van der Waals surface area contributed by atoms with Crippen molar-refractivity contribution < 1.29 is 5.11 Å². The number of aliphatic hydroxyl groups is 1. The van der Waals surface area contributed by atoms with Gasteiger partial charge in [-0.25, -0.2) is 0 Å². The van der Waals surface area contributed by atoms with E-state index in [0.29, 0.717) is 5.41 Å². The molecule has 2 rings (SSSR count). The molecule has 0 aliphatic heterocycles. The lowest BCUT2D eigenvalue weighted by atomic mass is 9.65. The molecule has 0 fully saturated rings. The Balaban J connectivity index is 2.41. The number of aryl methyl sites for hydroxylation is 1. The molecule has 1 N–H and O–H groups in total. The topological polar surface area (TPSA) is 20.2 Å². The van der Waals surface area contributed by atoms with Crippen molar-refractivity contribution in [3.8, 4) is 0 Å². The van der Waals surface area contributed by atoms with Gasteiger partial charge in [-0.05, 0) is 54.2 Å². The van der Waals surface area contributed by atoms with Crippen LogP contribution >= 0.6 is 0 Å². The van der Waals surface area contributed by atoms with Crippen LogP contribution in [0.5, 0.6) is 0 Å². The van der Waals surface area contributed by atoms with Crippen molar-refractivity contribution in [3.05, 3.63) is 34.9 Å². The van der Waals surface area contributed by atoms with Gasteiger partial charge in [0.15, 0.2) is 0 Å². The Labute approximate surface area is 111 Å². The van der Waals surface area contributed by atoms with Crippen molar-refractivity contribution in [2.75, 3.05) is 0 Å². The third kappa shape index (κ3) is 2.47. The molecule has 0 unspecified atom stereocenters. The van der Waals surface area contributed by atoms with Gasteiger partial charge < -0.3 is 5.11 Å². The van der Waals surface area contributed by atoms with Crippen molar-refractivity contribution in [1.29, 1.82) is 0 Å². The van der Waals surface area contributed by atoms with Gasteiger partial charge in [-0.1, -0.05) is 44.9 Å². The quantitative estimate of drug-likeness (QED) is 0.818. The molecular formula is C17H26O. The van der Waals surface area contributed by atoms with E-state index < -0.39 is 0 Å². The maximum Gasteiger partial charge on any atom is 0.0681 e. The molecule has 0 atom stereocenters. The molecule has 1 aromatic carbocycles. The van der Waals surface area contributed by atoms with Crippen LogP contribution in [0.2, 0.25) is 0 Å². The fourth-order valence-electron chi connectivity index (χ4n) is 3.82. The second kappa shape index (κ2) is 5.88. The first kappa shape index (κ1) is 13.6. The Hall–Kier alpha value is -0.820. The van der Waals surface area contributed by atoms with E-state index in [1.54, 1.807) is 5.56 Å². The first-order chi connectivity index (χ1) is 8.75. The molecule has 1 heteroatoms. The molecule has 0 heterocycles. The van der Waals surface area contributed by atoms with Crippen molar-refractivity contribution in [2.45, 2.75) is 70.8 Å². The van der Waals surface area contributed by atoms with Crippen LogP contribution in [0.4, 0.5) is 0 Å². The summed E-state index contributed by atoms with van der Waals surface area (Å²) in [6.45, 7) is 4.77. The van der Waals surface area contributed by atoms with Crippen LogP contribution in [0, 0.1) is 0 Å². The minimum Gasteiger partial charge on any atom is -0.392 e.